The van der Waals surface area contributed by atoms with Gasteiger partial charge in [-0.2, -0.15) is 0 Å². The summed E-state index contributed by atoms with van der Waals surface area (Å²) in [5.41, 5.74) is 2.20. The van der Waals surface area contributed by atoms with Crippen LogP contribution in [0.1, 0.15) is 48.6 Å². The van der Waals surface area contributed by atoms with Gasteiger partial charge in [-0.1, -0.05) is 48.8 Å². The number of nitrogens with zero attached hydrogens (tertiary/aromatic N) is 3. The second kappa shape index (κ2) is 12.4. The molecule has 35 heavy (non-hydrogen) atoms. The molecule has 2 amide bonds. The zero-order valence-corrected chi connectivity index (χ0v) is 24.2. The van der Waals surface area contributed by atoms with Crippen LogP contribution in [0, 0.1) is 16.4 Å². The fraction of sp³-hybridized carbons (Fsp3) is 0.333. The van der Waals surface area contributed by atoms with Crippen molar-refractivity contribution in [2.24, 2.45) is 5.92 Å². The average molecular weight is 646 g/mol. The van der Waals surface area contributed by atoms with Gasteiger partial charge in [0.25, 0.3) is 5.91 Å². The van der Waals surface area contributed by atoms with E-state index < -0.39 is 0 Å². The van der Waals surface area contributed by atoms with E-state index in [1.54, 1.807) is 12.1 Å². The van der Waals surface area contributed by atoms with Crippen molar-refractivity contribution in [1.82, 2.24) is 20.1 Å². The largest absolute Gasteiger partial charge is 0.342 e. The number of thioether (sulfide) groups is 1. The van der Waals surface area contributed by atoms with Gasteiger partial charge in [-0.3, -0.25) is 9.59 Å². The quantitative estimate of drug-likeness (QED) is 0.208. The van der Waals surface area contributed by atoms with Crippen LogP contribution < -0.4 is 10.6 Å². The third kappa shape index (κ3) is 7.12. The smallest absolute Gasteiger partial charge is 0.251 e. The van der Waals surface area contributed by atoms with Crippen molar-refractivity contribution in [2.45, 2.75) is 45.4 Å². The normalized spacial score (nSPS) is 12.0. The van der Waals surface area contributed by atoms with Gasteiger partial charge in [0.1, 0.15) is 0 Å². The van der Waals surface area contributed by atoms with Crippen molar-refractivity contribution in [2.75, 3.05) is 11.1 Å². The lowest BCUT2D eigenvalue weighted by Crippen LogP contribution is -2.33. The highest BCUT2D eigenvalue weighted by atomic mass is 127. The average Bonchev–Trinajstić information content (AvgIpc) is 3.21. The Morgan fingerprint density at radius 1 is 1.11 bits per heavy atom. The number of amides is 2. The molecule has 0 bridgehead atoms. The van der Waals surface area contributed by atoms with Crippen LogP contribution in [0.5, 0.6) is 0 Å². The first-order valence-corrected chi connectivity index (χ1v) is 13.8. The summed E-state index contributed by atoms with van der Waals surface area (Å²) in [7, 11) is 0. The molecule has 2 N–H and O–H groups in total. The monoisotopic (exact) mass is 645 g/mol. The highest BCUT2D eigenvalue weighted by Crippen LogP contribution is 2.27. The van der Waals surface area contributed by atoms with Gasteiger partial charge in [-0.25, -0.2) is 0 Å². The minimum absolute atomic E-state index is 0.0428. The molecule has 0 saturated carbocycles. The van der Waals surface area contributed by atoms with Crippen molar-refractivity contribution in [3.8, 4) is 0 Å². The summed E-state index contributed by atoms with van der Waals surface area (Å²) >= 11 is 15.6. The number of carbonyl (C=O) groups is 2. The molecule has 0 spiro atoms. The summed E-state index contributed by atoms with van der Waals surface area (Å²) in [6.07, 6.45) is 0. The topological polar surface area (TPSA) is 88.9 Å². The maximum absolute atomic E-state index is 12.9. The summed E-state index contributed by atoms with van der Waals surface area (Å²) in [4.78, 5) is 25.5. The van der Waals surface area contributed by atoms with Gasteiger partial charge in [0, 0.05) is 21.4 Å². The molecule has 1 atom stereocenters. The van der Waals surface area contributed by atoms with E-state index >= 15 is 0 Å². The van der Waals surface area contributed by atoms with Crippen molar-refractivity contribution in [3.63, 3.8) is 0 Å². The molecule has 0 radical (unpaired) electrons. The third-order valence-electron chi connectivity index (χ3n) is 5.27. The van der Waals surface area contributed by atoms with Crippen LogP contribution >= 0.6 is 57.6 Å². The number of halogens is 3. The summed E-state index contributed by atoms with van der Waals surface area (Å²) in [6, 6.07) is 10.2. The Balaban J connectivity index is 1.72. The van der Waals surface area contributed by atoms with Gasteiger partial charge in [-0.05, 0) is 84.3 Å². The van der Waals surface area contributed by atoms with Crippen LogP contribution in [0.4, 0.5) is 5.69 Å². The molecule has 3 rings (SSSR count). The van der Waals surface area contributed by atoms with Gasteiger partial charge >= 0.3 is 0 Å². The van der Waals surface area contributed by atoms with Crippen LogP contribution in [0.25, 0.3) is 0 Å². The molecule has 1 aromatic heterocycles. The number of aromatic nitrogens is 3. The van der Waals surface area contributed by atoms with Crippen LogP contribution in [0.3, 0.4) is 0 Å². The number of rotatable bonds is 9. The van der Waals surface area contributed by atoms with Crippen LogP contribution in [-0.4, -0.2) is 32.3 Å². The van der Waals surface area contributed by atoms with E-state index in [0.717, 1.165) is 14.8 Å². The fourth-order valence-electron chi connectivity index (χ4n) is 3.41. The first kappa shape index (κ1) is 27.8. The van der Waals surface area contributed by atoms with Crippen molar-refractivity contribution in [1.29, 1.82) is 0 Å². The molecular formula is C24H26Cl2IN5O2S. The van der Waals surface area contributed by atoms with E-state index in [2.05, 4.69) is 43.4 Å². The summed E-state index contributed by atoms with van der Waals surface area (Å²) in [5, 5.41) is 16.0. The molecule has 1 heterocycles. The molecule has 11 heteroatoms. The van der Waals surface area contributed by atoms with E-state index in [4.69, 9.17) is 23.2 Å². The Morgan fingerprint density at radius 2 is 1.86 bits per heavy atom. The van der Waals surface area contributed by atoms with Gasteiger partial charge in [-0.15, -0.1) is 10.2 Å². The molecule has 0 aliphatic rings. The predicted octanol–water partition coefficient (Wildman–Crippen LogP) is 6.38. The summed E-state index contributed by atoms with van der Waals surface area (Å²) < 4.78 is 3.04. The lowest BCUT2D eigenvalue weighted by Gasteiger charge is -2.22. The number of benzene rings is 2. The third-order valence-corrected chi connectivity index (χ3v) is 7.65. The molecule has 7 nitrogen and oxygen atoms in total. The van der Waals surface area contributed by atoms with E-state index in [1.807, 2.05) is 50.5 Å². The van der Waals surface area contributed by atoms with E-state index in [0.29, 0.717) is 33.1 Å². The van der Waals surface area contributed by atoms with Crippen molar-refractivity contribution >= 4 is 75.1 Å². The number of hydrogen-bond acceptors (Lipinski definition) is 5. The van der Waals surface area contributed by atoms with Gasteiger partial charge < -0.3 is 15.2 Å². The first-order chi connectivity index (χ1) is 16.6. The molecule has 0 aliphatic heterocycles. The summed E-state index contributed by atoms with van der Waals surface area (Å²) in [5.74, 6) is 0.452. The second-order valence-corrected chi connectivity index (χ2v) is 11.2. The molecule has 0 fully saturated rings. The lowest BCUT2D eigenvalue weighted by atomic mass is 10.0. The summed E-state index contributed by atoms with van der Waals surface area (Å²) in [6.45, 7) is 8.53. The number of hydrogen-bond donors (Lipinski definition) is 2. The number of carbonyl (C=O) groups excluding carboxylic acids is 2. The van der Waals surface area contributed by atoms with Crippen LogP contribution in [0.2, 0.25) is 10.0 Å². The molecule has 0 aliphatic carbocycles. The molecule has 2 aromatic carbocycles. The van der Waals surface area contributed by atoms with E-state index in [-0.39, 0.29) is 29.5 Å². The predicted molar refractivity (Wildman–Crippen MR) is 150 cm³/mol. The van der Waals surface area contributed by atoms with Gasteiger partial charge in [0.15, 0.2) is 11.0 Å². The standard InChI is InChI=1S/C24H26Cl2IN5O2S/c1-5-32-22(21(13(2)3)29-23(34)15-6-8-17(25)18(26)11-15)30-31-24(32)35-12-20(33)28-19-9-7-16(27)10-14(19)4/h6-11,13,21H,5,12H2,1-4H3,(H,28,33)(H,29,34)/t21-/m1/s1. The molecular weight excluding hydrogens is 620 g/mol. The number of nitrogens with one attached hydrogen (secondary N) is 2. The van der Waals surface area contributed by atoms with E-state index in [1.165, 1.54) is 17.8 Å². The van der Waals surface area contributed by atoms with Gasteiger partial charge in [0.05, 0.1) is 21.8 Å². The fourth-order valence-corrected chi connectivity index (χ4v) is 5.16. The highest BCUT2D eigenvalue weighted by Gasteiger charge is 2.26. The second-order valence-electron chi connectivity index (χ2n) is 8.21. The van der Waals surface area contributed by atoms with Crippen molar-refractivity contribution < 1.29 is 9.59 Å². The Bertz CT molecular complexity index is 1230. The van der Waals surface area contributed by atoms with Gasteiger partial charge in [0.2, 0.25) is 5.91 Å². The maximum atomic E-state index is 12.9. The Labute approximate surface area is 232 Å². The highest BCUT2D eigenvalue weighted by molar-refractivity contribution is 14.1. The first-order valence-electron chi connectivity index (χ1n) is 11.0. The van der Waals surface area contributed by atoms with Crippen LogP contribution in [0.15, 0.2) is 41.6 Å². The minimum atomic E-state index is -0.387. The zero-order chi connectivity index (χ0) is 25.7. The molecule has 0 saturated heterocycles. The number of anilines is 1. The Morgan fingerprint density at radius 3 is 2.49 bits per heavy atom. The van der Waals surface area contributed by atoms with Crippen LogP contribution in [-0.2, 0) is 11.3 Å². The van der Waals surface area contributed by atoms with E-state index in [9.17, 15) is 9.59 Å². The molecule has 186 valence electrons. The van der Waals surface area contributed by atoms with Crippen molar-refractivity contribution in [3.05, 3.63) is 67.0 Å². The zero-order valence-electron chi connectivity index (χ0n) is 19.7. The minimum Gasteiger partial charge on any atom is -0.342 e. The molecule has 0 unspecified atom stereocenters. The molecule has 3 aromatic rings. The lowest BCUT2D eigenvalue weighted by molar-refractivity contribution is -0.113. The maximum Gasteiger partial charge on any atom is 0.251 e. The number of aryl methyl sites for hydroxylation is 1. The SMILES string of the molecule is CCn1c(SCC(=O)Nc2ccc(I)cc2C)nnc1[C@H](NC(=O)c1ccc(Cl)c(Cl)c1)C(C)C. The Kier molecular flexibility index (Phi) is 9.86. The Hall–Kier alpha value is -1.82.